The lowest BCUT2D eigenvalue weighted by Crippen LogP contribution is -3.06. The largest absolute Gasteiger partial charge is 0.491 e. The second-order valence-corrected chi connectivity index (χ2v) is 7.21. The Kier molecular flexibility index (Phi) is 8.43. The Labute approximate surface area is 172 Å². The molecule has 0 atom stereocenters. The lowest BCUT2D eigenvalue weighted by Gasteiger charge is -2.12. The van der Waals surface area contributed by atoms with Crippen molar-refractivity contribution in [2.45, 2.75) is 20.0 Å². The fourth-order valence-electron chi connectivity index (χ4n) is 2.44. The molecule has 0 unspecified atom stereocenters. The molecule has 0 aromatic heterocycles. The number of hydrogen-bond acceptors (Lipinski definition) is 4. The van der Waals surface area contributed by atoms with E-state index >= 15 is 0 Å². The van der Waals surface area contributed by atoms with E-state index in [1.54, 1.807) is 30.3 Å². The van der Waals surface area contributed by atoms with Gasteiger partial charge in [-0.3, -0.25) is 4.79 Å². The smallest absolute Gasteiger partial charge is 0.355 e. The molecule has 2 aromatic carbocycles. The van der Waals surface area contributed by atoms with E-state index < -0.39 is 5.97 Å². The van der Waals surface area contributed by atoms with E-state index in [4.69, 9.17) is 9.47 Å². The van der Waals surface area contributed by atoms with Gasteiger partial charge in [-0.25, -0.2) is 4.79 Å². The van der Waals surface area contributed by atoms with E-state index in [1.807, 2.05) is 58.3 Å². The molecule has 0 aliphatic rings. The molecule has 0 heterocycles. The molecule has 6 nitrogen and oxygen atoms in total. The van der Waals surface area contributed by atoms with Crippen molar-refractivity contribution in [2.24, 2.45) is 0 Å². The molecule has 0 radical (unpaired) electrons. The predicted octanol–water partition coefficient (Wildman–Crippen LogP) is 1.93. The number of amides is 1. The van der Waals surface area contributed by atoms with E-state index in [-0.39, 0.29) is 24.3 Å². The van der Waals surface area contributed by atoms with Gasteiger partial charge < -0.3 is 19.7 Å². The molecule has 1 amide bonds. The average molecular weight is 397 g/mol. The summed E-state index contributed by atoms with van der Waals surface area (Å²) in [6, 6.07) is 16.0. The fraction of sp³-hybridized carbons (Fsp3) is 0.304. The number of quaternary nitrogens is 1. The highest BCUT2D eigenvalue weighted by Gasteiger charge is 2.16. The Morgan fingerprint density at radius 1 is 1.03 bits per heavy atom. The Bertz CT molecular complexity index is 828. The number of esters is 1. The van der Waals surface area contributed by atoms with Gasteiger partial charge in [0.1, 0.15) is 24.6 Å². The van der Waals surface area contributed by atoms with Gasteiger partial charge in [-0.05, 0) is 49.8 Å². The van der Waals surface area contributed by atoms with Crippen molar-refractivity contribution in [3.8, 4) is 5.75 Å². The highest BCUT2D eigenvalue weighted by atomic mass is 16.5. The summed E-state index contributed by atoms with van der Waals surface area (Å²) in [6.45, 7) is 4.85. The van der Waals surface area contributed by atoms with E-state index in [0.29, 0.717) is 12.1 Å². The van der Waals surface area contributed by atoms with Crippen molar-refractivity contribution in [2.75, 3.05) is 27.2 Å². The highest BCUT2D eigenvalue weighted by Crippen LogP contribution is 2.16. The van der Waals surface area contributed by atoms with Crippen LogP contribution in [-0.2, 0) is 9.53 Å². The lowest BCUT2D eigenvalue weighted by molar-refractivity contribution is -0.858. The van der Waals surface area contributed by atoms with Crippen LogP contribution >= 0.6 is 0 Å². The van der Waals surface area contributed by atoms with Crippen LogP contribution in [0.5, 0.6) is 5.75 Å². The third kappa shape index (κ3) is 7.79. The second kappa shape index (κ2) is 11.0. The van der Waals surface area contributed by atoms with Crippen LogP contribution in [0.15, 0.2) is 60.3 Å². The summed E-state index contributed by atoms with van der Waals surface area (Å²) in [5.74, 6) is -0.201. The van der Waals surface area contributed by atoms with Crippen molar-refractivity contribution in [3.05, 3.63) is 71.4 Å². The molecule has 2 rings (SSSR count). The summed E-state index contributed by atoms with van der Waals surface area (Å²) in [5.41, 5.74) is 1.30. The third-order valence-electron chi connectivity index (χ3n) is 3.90. The molecule has 154 valence electrons. The molecule has 6 heteroatoms. The van der Waals surface area contributed by atoms with Crippen molar-refractivity contribution in [1.29, 1.82) is 0 Å². The van der Waals surface area contributed by atoms with E-state index in [9.17, 15) is 9.59 Å². The molecular formula is C23H29N2O4+. The Hall–Kier alpha value is -3.12. The summed E-state index contributed by atoms with van der Waals surface area (Å²) >= 11 is 0. The number of rotatable bonds is 9. The van der Waals surface area contributed by atoms with Crippen LogP contribution in [0.4, 0.5) is 0 Å². The maximum absolute atomic E-state index is 12.6. The standard InChI is InChI=1S/C23H28N2O4/c1-17(2)29-20-12-10-18(11-13-20)16-21(23(27)28-15-14-25(3)4)24-22(26)19-8-6-5-7-9-19/h5-13,16-17H,14-15H2,1-4H3,(H,24,26)/p+1/b21-16+. The molecule has 0 spiro atoms. The van der Waals surface area contributed by atoms with Gasteiger partial charge in [-0.2, -0.15) is 0 Å². The first-order chi connectivity index (χ1) is 13.8. The number of carbonyl (C=O) groups excluding carboxylic acids is 2. The van der Waals surface area contributed by atoms with Crippen molar-refractivity contribution in [3.63, 3.8) is 0 Å². The fourth-order valence-corrected chi connectivity index (χ4v) is 2.44. The molecule has 0 saturated carbocycles. The molecule has 0 saturated heterocycles. The molecule has 29 heavy (non-hydrogen) atoms. The Morgan fingerprint density at radius 2 is 1.69 bits per heavy atom. The van der Waals surface area contributed by atoms with Crippen molar-refractivity contribution in [1.82, 2.24) is 5.32 Å². The average Bonchev–Trinajstić information content (AvgIpc) is 2.68. The number of ether oxygens (including phenoxy) is 2. The molecule has 0 aliphatic heterocycles. The number of hydrogen-bond donors (Lipinski definition) is 2. The first kappa shape index (κ1) is 22.2. The predicted molar refractivity (Wildman–Crippen MR) is 113 cm³/mol. The SMILES string of the molecule is CC(C)Oc1ccc(/C=C(/NC(=O)c2ccccc2)C(=O)OCC[NH+](C)C)cc1. The molecule has 0 bridgehead atoms. The monoisotopic (exact) mass is 397 g/mol. The van der Waals surface area contributed by atoms with Gasteiger partial charge in [0.05, 0.1) is 20.2 Å². The van der Waals surface area contributed by atoms with Gasteiger partial charge in [0.25, 0.3) is 5.91 Å². The Morgan fingerprint density at radius 3 is 2.28 bits per heavy atom. The van der Waals surface area contributed by atoms with Crippen molar-refractivity contribution < 1.29 is 24.0 Å². The zero-order valence-corrected chi connectivity index (χ0v) is 17.4. The van der Waals surface area contributed by atoms with Crippen molar-refractivity contribution >= 4 is 18.0 Å². The molecule has 2 N–H and O–H groups in total. The second-order valence-electron chi connectivity index (χ2n) is 7.21. The van der Waals surface area contributed by atoms with Gasteiger partial charge in [-0.1, -0.05) is 30.3 Å². The van der Waals surface area contributed by atoms with Gasteiger partial charge in [0.15, 0.2) is 0 Å². The first-order valence-corrected chi connectivity index (χ1v) is 9.66. The number of likely N-dealkylation sites (N-methyl/N-ethyl adjacent to an activating group) is 1. The minimum Gasteiger partial charge on any atom is -0.491 e. The molecular weight excluding hydrogens is 368 g/mol. The normalized spacial score (nSPS) is 11.4. The zero-order chi connectivity index (χ0) is 21.2. The summed E-state index contributed by atoms with van der Waals surface area (Å²) < 4.78 is 11.0. The minimum absolute atomic E-state index is 0.0749. The van der Waals surface area contributed by atoms with Crippen LogP contribution < -0.4 is 15.0 Å². The summed E-state index contributed by atoms with van der Waals surface area (Å²) in [4.78, 5) is 26.3. The molecule has 0 aliphatic carbocycles. The van der Waals surface area contributed by atoms with Gasteiger partial charge in [-0.15, -0.1) is 0 Å². The zero-order valence-electron chi connectivity index (χ0n) is 17.4. The highest BCUT2D eigenvalue weighted by molar-refractivity contribution is 6.03. The summed E-state index contributed by atoms with van der Waals surface area (Å²) in [5, 5.41) is 2.68. The minimum atomic E-state index is -0.571. The van der Waals surface area contributed by atoms with Gasteiger partial charge in [0, 0.05) is 5.56 Å². The van der Waals surface area contributed by atoms with E-state index in [0.717, 1.165) is 16.2 Å². The maximum atomic E-state index is 12.6. The van der Waals surface area contributed by atoms with Crippen LogP contribution in [0.25, 0.3) is 6.08 Å². The number of benzene rings is 2. The maximum Gasteiger partial charge on any atom is 0.355 e. The molecule has 0 fully saturated rings. The lowest BCUT2D eigenvalue weighted by atomic mass is 10.1. The summed E-state index contributed by atoms with van der Waals surface area (Å²) in [6.07, 6.45) is 1.68. The van der Waals surface area contributed by atoms with Gasteiger partial charge >= 0.3 is 5.97 Å². The molecule has 2 aromatic rings. The Balaban J connectivity index is 2.19. The van der Waals surface area contributed by atoms with Gasteiger partial charge in [0.2, 0.25) is 0 Å². The van der Waals surface area contributed by atoms with Crippen LogP contribution in [0.2, 0.25) is 0 Å². The van der Waals surface area contributed by atoms with E-state index in [2.05, 4.69) is 5.32 Å². The summed E-state index contributed by atoms with van der Waals surface area (Å²) in [7, 11) is 3.95. The topological polar surface area (TPSA) is 69.1 Å². The first-order valence-electron chi connectivity index (χ1n) is 9.66. The van der Waals surface area contributed by atoms with Crippen LogP contribution in [-0.4, -0.2) is 45.2 Å². The third-order valence-corrected chi connectivity index (χ3v) is 3.90. The number of carbonyl (C=O) groups is 2. The van der Waals surface area contributed by atoms with Crippen LogP contribution in [0, 0.1) is 0 Å². The number of nitrogens with one attached hydrogen (secondary N) is 2. The van der Waals surface area contributed by atoms with Crippen LogP contribution in [0.1, 0.15) is 29.8 Å². The van der Waals surface area contributed by atoms with E-state index in [1.165, 1.54) is 0 Å². The van der Waals surface area contributed by atoms with Crippen LogP contribution in [0.3, 0.4) is 0 Å². The quantitative estimate of drug-likeness (QED) is 0.501.